The smallest absolute Gasteiger partial charge is 0.276 e. The number of nitrogens with zero attached hydrogens (tertiary/aromatic N) is 2. The molecule has 9 heteroatoms. The molecule has 3 aromatic rings. The Kier molecular flexibility index (Phi) is 5.21. The van der Waals surface area contributed by atoms with Crippen LogP contribution < -0.4 is 14.8 Å². The molecule has 1 aromatic heterocycles. The van der Waals surface area contributed by atoms with Gasteiger partial charge >= 0.3 is 0 Å². The quantitative estimate of drug-likeness (QED) is 0.386. The largest absolute Gasteiger partial charge is 0.486 e. The van der Waals surface area contributed by atoms with Crippen molar-refractivity contribution >= 4 is 34.1 Å². The van der Waals surface area contributed by atoms with E-state index in [0.29, 0.717) is 41.1 Å². The van der Waals surface area contributed by atoms with Crippen LogP contribution in [0.3, 0.4) is 0 Å². The van der Waals surface area contributed by atoms with Gasteiger partial charge in [0.15, 0.2) is 16.6 Å². The fourth-order valence-corrected chi connectivity index (χ4v) is 3.50. The Balaban J connectivity index is 1.45. The summed E-state index contributed by atoms with van der Waals surface area (Å²) in [6.07, 6.45) is 2.65. The lowest BCUT2D eigenvalue weighted by molar-refractivity contribution is -0.385. The van der Waals surface area contributed by atoms with Gasteiger partial charge in [0.25, 0.3) is 5.69 Å². The number of thiazole rings is 1. The van der Waals surface area contributed by atoms with E-state index >= 15 is 0 Å². The van der Waals surface area contributed by atoms with Crippen molar-refractivity contribution < 1.29 is 19.2 Å². The van der Waals surface area contributed by atoms with E-state index in [-0.39, 0.29) is 5.69 Å². The molecule has 2 heterocycles. The minimum absolute atomic E-state index is 0.0632. The summed E-state index contributed by atoms with van der Waals surface area (Å²) in [6, 6.07) is 11.8. The van der Waals surface area contributed by atoms with Gasteiger partial charge in [0, 0.05) is 23.1 Å². The molecule has 0 aliphatic carbocycles. The molecule has 0 unspecified atom stereocenters. The number of benzene rings is 2. The van der Waals surface area contributed by atoms with Crippen LogP contribution in [0.25, 0.3) is 17.3 Å². The number of hydrogen-bond donors (Lipinski definition) is 1. The second kappa shape index (κ2) is 8.11. The number of rotatable bonds is 5. The Morgan fingerprint density at radius 3 is 2.79 bits per heavy atom. The topological polar surface area (TPSA) is 104 Å². The average Bonchev–Trinajstić information content (AvgIpc) is 3.20. The van der Waals surface area contributed by atoms with Gasteiger partial charge in [0.05, 0.1) is 16.2 Å². The average molecular weight is 409 g/mol. The summed E-state index contributed by atoms with van der Waals surface area (Å²) >= 11 is 1.28. The third-order valence-electron chi connectivity index (χ3n) is 4.12. The zero-order valence-corrected chi connectivity index (χ0v) is 15.8. The number of amides is 1. The second-order valence-electron chi connectivity index (χ2n) is 6.03. The molecule has 0 saturated heterocycles. The first-order valence-corrected chi connectivity index (χ1v) is 9.56. The van der Waals surface area contributed by atoms with Gasteiger partial charge in [-0.05, 0) is 30.3 Å². The number of aromatic nitrogens is 1. The standard InChI is InChI=1S/C20H15N3O5S/c24-19(8-6-13-3-1-2-4-16(13)23(25)26)22-20-21-15(12-29-20)14-5-7-17-18(11-14)28-10-9-27-17/h1-8,11-12H,9-10H2,(H,21,22,24). The highest BCUT2D eigenvalue weighted by Crippen LogP contribution is 2.35. The van der Waals surface area contributed by atoms with Gasteiger partial charge in [-0.1, -0.05) is 12.1 Å². The summed E-state index contributed by atoms with van der Waals surface area (Å²) in [5.74, 6) is 0.940. The van der Waals surface area contributed by atoms with E-state index in [0.717, 1.165) is 5.56 Å². The first-order valence-electron chi connectivity index (χ1n) is 8.68. The Bertz CT molecular complexity index is 1110. The van der Waals surface area contributed by atoms with E-state index in [1.165, 1.54) is 29.6 Å². The number of nitro benzene ring substituents is 1. The van der Waals surface area contributed by atoms with Gasteiger partial charge in [0.2, 0.25) is 5.91 Å². The van der Waals surface area contributed by atoms with E-state index in [1.807, 2.05) is 23.6 Å². The maximum absolute atomic E-state index is 12.2. The minimum atomic E-state index is -0.488. The number of nitro groups is 1. The molecule has 29 heavy (non-hydrogen) atoms. The number of fused-ring (bicyclic) bond motifs is 1. The molecule has 146 valence electrons. The molecule has 0 radical (unpaired) electrons. The van der Waals surface area contributed by atoms with Gasteiger partial charge in [-0.15, -0.1) is 11.3 Å². The Morgan fingerprint density at radius 2 is 1.97 bits per heavy atom. The van der Waals surface area contributed by atoms with Crippen molar-refractivity contribution in [2.45, 2.75) is 0 Å². The predicted molar refractivity (Wildman–Crippen MR) is 109 cm³/mol. The van der Waals surface area contributed by atoms with Gasteiger partial charge in [-0.25, -0.2) is 4.98 Å². The van der Waals surface area contributed by atoms with E-state index in [9.17, 15) is 14.9 Å². The highest BCUT2D eigenvalue weighted by Gasteiger charge is 2.14. The lowest BCUT2D eigenvalue weighted by Crippen LogP contribution is -2.15. The molecule has 1 N–H and O–H groups in total. The first kappa shape index (κ1) is 18.6. The van der Waals surface area contributed by atoms with Crippen LogP contribution in [0.2, 0.25) is 0 Å². The molecular formula is C20H15N3O5S. The summed E-state index contributed by atoms with van der Waals surface area (Å²) in [5, 5.41) is 15.9. The number of carbonyl (C=O) groups excluding carboxylic acids is 1. The summed E-state index contributed by atoms with van der Waals surface area (Å²) in [5.41, 5.74) is 1.84. The summed E-state index contributed by atoms with van der Waals surface area (Å²) in [7, 11) is 0. The van der Waals surface area contributed by atoms with Gasteiger partial charge < -0.3 is 9.47 Å². The molecule has 0 saturated carbocycles. The second-order valence-corrected chi connectivity index (χ2v) is 6.89. The fraction of sp³-hybridized carbons (Fsp3) is 0.100. The van der Waals surface area contributed by atoms with E-state index in [1.54, 1.807) is 18.2 Å². The van der Waals surface area contributed by atoms with E-state index in [2.05, 4.69) is 10.3 Å². The molecule has 8 nitrogen and oxygen atoms in total. The number of nitrogens with one attached hydrogen (secondary N) is 1. The molecule has 0 fully saturated rings. The first-order chi connectivity index (χ1) is 14.1. The third-order valence-corrected chi connectivity index (χ3v) is 4.88. The zero-order valence-electron chi connectivity index (χ0n) is 15.0. The Morgan fingerprint density at radius 1 is 1.17 bits per heavy atom. The number of carbonyl (C=O) groups is 1. The normalized spacial score (nSPS) is 12.7. The van der Waals surface area contributed by atoms with E-state index < -0.39 is 10.8 Å². The van der Waals surface area contributed by atoms with Crippen LogP contribution in [0.1, 0.15) is 5.56 Å². The maximum atomic E-state index is 12.2. The van der Waals surface area contributed by atoms with Crippen molar-refractivity contribution in [1.29, 1.82) is 0 Å². The number of ether oxygens (including phenoxy) is 2. The number of hydrogen-bond acceptors (Lipinski definition) is 7. The van der Waals surface area contributed by atoms with Gasteiger partial charge in [0.1, 0.15) is 13.2 Å². The van der Waals surface area contributed by atoms with Gasteiger partial charge in [-0.3, -0.25) is 20.2 Å². The molecule has 1 amide bonds. The van der Waals surface area contributed by atoms with Crippen molar-refractivity contribution in [2.24, 2.45) is 0 Å². The van der Waals surface area contributed by atoms with Crippen molar-refractivity contribution in [3.8, 4) is 22.8 Å². The summed E-state index contributed by atoms with van der Waals surface area (Å²) in [6.45, 7) is 1.03. The molecule has 4 rings (SSSR count). The highest BCUT2D eigenvalue weighted by molar-refractivity contribution is 7.14. The van der Waals surface area contributed by atoms with Crippen molar-refractivity contribution in [2.75, 3.05) is 18.5 Å². The van der Waals surface area contributed by atoms with Crippen LogP contribution in [0.4, 0.5) is 10.8 Å². The SMILES string of the molecule is O=C(C=Cc1ccccc1[N+](=O)[O-])Nc1nc(-c2ccc3c(c2)OCCO3)cs1. The van der Waals surface area contributed by atoms with Crippen molar-refractivity contribution in [3.63, 3.8) is 0 Å². The number of anilines is 1. The zero-order chi connectivity index (χ0) is 20.2. The van der Waals surface area contributed by atoms with Gasteiger partial charge in [-0.2, -0.15) is 0 Å². The molecular weight excluding hydrogens is 394 g/mol. The monoisotopic (exact) mass is 409 g/mol. The van der Waals surface area contributed by atoms with Crippen LogP contribution in [-0.4, -0.2) is 29.0 Å². The Hall–Kier alpha value is -3.72. The molecule has 0 spiro atoms. The maximum Gasteiger partial charge on any atom is 0.276 e. The molecule has 0 atom stereocenters. The number of para-hydroxylation sites is 1. The predicted octanol–water partition coefficient (Wildman–Crippen LogP) is 4.14. The van der Waals surface area contributed by atoms with Crippen LogP contribution in [-0.2, 0) is 4.79 Å². The van der Waals surface area contributed by atoms with E-state index in [4.69, 9.17) is 9.47 Å². The molecule has 1 aliphatic heterocycles. The molecule has 2 aromatic carbocycles. The lowest BCUT2D eigenvalue weighted by atomic mass is 10.1. The van der Waals surface area contributed by atoms with Crippen molar-refractivity contribution in [1.82, 2.24) is 4.98 Å². The lowest BCUT2D eigenvalue weighted by Gasteiger charge is -2.18. The highest BCUT2D eigenvalue weighted by atomic mass is 32.1. The minimum Gasteiger partial charge on any atom is -0.486 e. The third kappa shape index (κ3) is 4.25. The Labute approximate surface area is 169 Å². The van der Waals surface area contributed by atoms with Crippen LogP contribution >= 0.6 is 11.3 Å². The van der Waals surface area contributed by atoms with Crippen LogP contribution in [0, 0.1) is 10.1 Å². The fourth-order valence-electron chi connectivity index (χ4n) is 2.77. The van der Waals surface area contributed by atoms with Crippen LogP contribution in [0.5, 0.6) is 11.5 Å². The molecule has 0 bridgehead atoms. The van der Waals surface area contributed by atoms with Crippen LogP contribution in [0.15, 0.2) is 53.9 Å². The summed E-state index contributed by atoms with van der Waals surface area (Å²) in [4.78, 5) is 27.1. The molecule has 1 aliphatic rings. The summed E-state index contributed by atoms with van der Waals surface area (Å²) < 4.78 is 11.1. The van der Waals surface area contributed by atoms with Crippen molar-refractivity contribution in [3.05, 3.63) is 69.6 Å².